The Morgan fingerprint density at radius 2 is 2.25 bits per heavy atom. The third kappa shape index (κ3) is 1.20. The van der Waals surface area contributed by atoms with Crippen LogP contribution in [0.4, 0.5) is 0 Å². The fraction of sp³-hybridized carbons (Fsp3) is 0.818. The van der Waals surface area contributed by atoms with E-state index in [9.17, 15) is 0 Å². The Balaban J connectivity index is 2.10. The molecule has 3 aliphatic rings. The molecule has 1 atom stereocenters. The van der Waals surface area contributed by atoms with E-state index in [2.05, 4.69) is 13.8 Å². The van der Waals surface area contributed by atoms with Gasteiger partial charge in [-0.3, -0.25) is 0 Å². The summed E-state index contributed by atoms with van der Waals surface area (Å²) in [6, 6.07) is 0. The van der Waals surface area contributed by atoms with Crippen molar-refractivity contribution in [1.82, 2.24) is 0 Å². The van der Waals surface area contributed by atoms with Crippen molar-refractivity contribution in [3.63, 3.8) is 0 Å². The molecule has 3 aliphatic carbocycles. The number of fused-ring (bicyclic) bond motifs is 2. The van der Waals surface area contributed by atoms with Crippen molar-refractivity contribution in [2.75, 3.05) is 6.61 Å². The lowest BCUT2D eigenvalue weighted by molar-refractivity contribution is 0.194. The molecule has 0 aliphatic heterocycles. The molecule has 0 aromatic carbocycles. The molecule has 0 heterocycles. The van der Waals surface area contributed by atoms with Gasteiger partial charge in [0.25, 0.3) is 0 Å². The van der Waals surface area contributed by atoms with E-state index < -0.39 is 0 Å². The molecule has 0 aromatic rings. The predicted molar refractivity (Wildman–Crippen MR) is 49.9 cm³/mol. The third-order valence-corrected chi connectivity index (χ3v) is 3.31. The maximum atomic E-state index is 8.85. The molecule has 0 saturated heterocycles. The second kappa shape index (κ2) is 2.59. The summed E-state index contributed by atoms with van der Waals surface area (Å²) in [5, 5.41) is 8.85. The van der Waals surface area contributed by atoms with E-state index in [-0.39, 0.29) is 0 Å². The van der Waals surface area contributed by atoms with Crippen LogP contribution in [0, 0.1) is 11.3 Å². The van der Waals surface area contributed by atoms with Crippen LogP contribution in [0.15, 0.2) is 11.1 Å². The van der Waals surface area contributed by atoms with Gasteiger partial charge < -0.3 is 5.11 Å². The lowest BCUT2D eigenvalue weighted by Gasteiger charge is -2.47. The maximum absolute atomic E-state index is 8.85. The minimum Gasteiger partial charge on any atom is -0.396 e. The second-order valence-electron chi connectivity index (χ2n) is 5.05. The van der Waals surface area contributed by atoms with Gasteiger partial charge in [-0.15, -0.1) is 0 Å². The molecule has 1 unspecified atom stereocenters. The number of hydrogen-bond acceptors (Lipinski definition) is 1. The molecule has 0 aromatic heterocycles. The van der Waals surface area contributed by atoms with Gasteiger partial charge in [0.05, 0.1) is 0 Å². The Bertz CT molecular complexity index is 225. The number of allylic oxidation sites excluding steroid dienone is 1. The molecular formula is C11H18O. The van der Waals surface area contributed by atoms with Crippen LogP contribution < -0.4 is 0 Å². The average Bonchev–Trinajstić information content (AvgIpc) is 1.98. The summed E-state index contributed by atoms with van der Waals surface area (Å²) in [6.45, 7) is 5.06. The molecule has 0 radical (unpaired) electrons. The van der Waals surface area contributed by atoms with Crippen LogP contribution in [0.1, 0.15) is 39.5 Å². The van der Waals surface area contributed by atoms with Crippen molar-refractivity contribution in [3.8, 4) is 0 Å². The zero-order chi connectivity index (χ0) is 8.77. The van der Waals surface area contributed by atoms with Gasteiger partial charge in [-0.2, -0.15) is 0 Å². The van der Waals surface area contributed by atoms with Crippen molar-refractivity contribution in [3.05, 3.63) is 11.1 Å². The van der Waals surface area contributed by atoms with Crippen molar-refractivity contribution in [2.45, 2.75) is 39.5 Å². The standard InChI is InChI=1S/C11H18O/c1-11(2)6-8-5-9(7-11)10(8)3-4-12/h8,12H,3-7H2,1-2H3. The number of hydrogen-bond donors (Lipinski definition) is 1. The Labute approximate surface area is 74.5 Å². The van der Waals surface area contributed by atoms with E-state index in [1.807, 2.05) is 0 Å². The highest BCUT2D eigenvalue weighted by Gasteiger charge is 2.40. The predicted octanol–water partition coefficient (Wildman–Crippen LogP) is 2.51. The second-order valence-corrected chi connectivity index (χ2v) is 5.05. The molecule has 0 amide bonds. The SMILES string of the molecule is CC1(C)CC2=C(CCO)C(C2)C1. The Morgan fingerprint density at radius 3 is 2.75 bits per heavy atom. The lowest BCUT2D eigenvalue weighted by atomic mass is 9.58. The lowest BCUT2D eigenvalue weighted by Crippen LogP contribution is -2.34. The van der Waals surface area contributed by atoms with Crippen LogP contribution in [-0.2, 0) is 0 Å². The Kier molecular flexibility index (Phi) is 1.80. The van der Waals surface area contributed by atoms with Crippen LogP contribution in [0.25, 0.3) is 0 Å². The van der Waals surface area contributed by atoms with Crippen molar-refractivity contribution in [2.24, 2.45) is 11.3 Å². The summed E-state index contributed by atoms with van der Waals surface area (Å²) in [4.78, 5) is 0. The smallest absolute Gasteiger partial charge is 0.0468 e. The van der Waals surface area contributed by atoms with Crippen molar-refractivity contribution in [1.29, 1.82) is 0 Å². The van der Waals surface area contributed by atoms with Gasteiger partial charge in [0.15, 0.2) is 0 Å². The largest absolute Gasteiger partial charge is 0.396 e. The van der Waals surface area contributed by atoms with E-state index in [1.54, 1.807) is 11.1 Å². The van der Waals surface area contributed by atoms with Gasteiger partial charge >= 0.3 is 0 Å². The first-order valence-corrected chi connectivity index (χ1v) is 4.94. The summed E-state index contributed by atoms with van der Waals surface area (Å²) in [7, 11) is 0. The normalized spacial score (nSPS) is 31.8. The molecule has 1 nitrogen and oxygen atoms in total. The fourth-order valence-electron chi connectivity index (χ4n) is 2.91. The van der Waals surface area contributed by atoms with Gasteiger partial charge in [-0.1, -0.05) is 25.0 Å². The van der Waals surface area contributed by atoms with Gasteiger partial charge in [0, 0.05) is 6.61 Å². The average molecular weight is 166 g/mol. The molecule has 0 spiro atoms. The highest BCUT2D eigenvalue weighted by Crippen LogP contribution is 2.54. The maximum Gasteiger partial charge on any atom is 0.0468 e. The molecular weight excluding hydrogens is 148 g/mol. The fourth-order valence-corrected chi connectivity index (χ4v) is 2.91. The molecule has 3 rings (SSSR count). The first-order chi connectivity index (χ1) is 5.62. The quantitative estimate of drug-likeness (QED) is 0.625. The third-order valence-electron chi connectivity index (χ3n) is 3.31. The van der Waals surface area contributed by atoms with E-state index in [0.717, 1.165) is 12.3 Å². The molecule has 1 heteroatoms. The van der Waals surface area contributed by atoms with Crippen LogP contribution in [0.3, 0.4) is 0 Å². The summed E-state index contributed by atoms with van der Waals surface area (Å²) < 4.78 is 0. The van der Waals surface area contributed by atoms with Crippen molar-refractivity contribution >= 4 is 0 Å². The first-order valence-electron chi connectivity index (χ1n) is 4.94. The zero-order valence-corrected chi connectivity index (χ0v) is 8.06. The summed E-state index contributed by atoms with van der Waals surface area (Å²) in [6.07, 6.45) is 4.89. The van der Waals surface area contributed by atoms with Crippen LogP contribution in [0.5, 0.6) is 0 Å². The Hall–Kier alpha value is -0.300. The highest BCUT2D eigenvalue weighted by molar-refractivity contribution is 5.33. The van der Waals surface area contributed by atoms with Gasteiger partial charge in [-0.05, 0) is 37.0 Å². The molecule has 68 valence electrons. The van der Waals surface area contributed by atoms with Crippen molar-refractivity contribution < 1.29 is 5.11 Å². The number of rotatable bonds is 2. The molecule has 1 fully saturated rings. The minimum atomic E-state index is 0.343. The molecule has 12 heavy (non-hydrogen) atoms. The number of aliphatic hydroxyl groups excluding tert-OH is 1. The van der Waals surface area contributed by atoms with Gasteiger partial charge in [-0.25, -0.2) is 0 Å². The summed E-state index contributed by atoms with van der Waals surface area (Å²) in [5.41, 5.74) is 3.79. The van der Waals surface area contributed by atoms with Gasteiger partial charge in [0.2, 0.25) is 0 Å². The molecule has 2 bridgehead atoms. The van der Waals surface area contributed by atoms with E-state index in [0.29, 0.717) is 12.0 Å². The number of aliphatic hydroxyl groups is 1. The Morgan fingerprint density at radius 1 is 1.50 bits per heavy atom. The summed E-state index contributed by atoms with van der Waals surface area (Å²) >= 11 is 0. The molecule has 1 saturated carbocycles. The zero-order valence-electron chi connectivity index (χ0n) is 8.06. The van der Waals surface area contributed by atoms with E-state index >= 15 is 0 Å². The summed E-state index contributed by atoms with van der Waals surface area (Å²) in [5.74, 6) is 0.830. The first kappa shape index (κ1) is 8.31. The van der Waals surface area contributed by atoms with E-state index in [4.69, 9.17) is 5.11 Å². The monoisotopic (exact) mass is 166 g/mol. The van der Waals surface area contributed by atoms with Gasteiger partial charge in [0.1, 0.15) is 0 Å². The van der Waals surface area contributed by atoms with Crippen LogP contribution in [-0.4, -0.2) is 11.7 Å². The van der Waals surface area contributed by atoms with Crippen LogP contribution >= 0.6 is 0 Å². The highest BCUT2D eigenvalue weighted by atomic mass is 16.2. The molecule has 1 N–H and O–H groups in total. The minimum absolute atomic E-state index is 0.343. The van der Waals surface area contributed by atoms with E-state index in [1.165, 1.54) is 19.3 Å². The van der Waals surface area contributed by atoms with Crippen LogP contribution in [0.2, 0.25) is 0 Å². The topological polar surface area (TPSA) is 20.2 Å².